The number of hydrogen-bond acceptors (Lipinski definition) is 6. The molecule has 0 spiro atoms. The zero-order valence-electron chi connectivity index (χ0n) is 9.96. The average Bonchev–Trinajstić information content (AvgIpc) is 2.85. The molecule has 6 heteroatoms. The Hall–Kier alpha value is -0.200. The van der Waals surface area contributed by atoms with Gasteiger partial charge in [-0.15, -0.1) is 11.8 Å². The summed E-state index contributed by atoms with van der Waals surface area (Å²) < 4.78 is 5.22. The Bertz CT molecular complexity index is 346. The van der Waals surface area contributed by atoms with E-state index in [1.54, 1.807) is 0 Å². The van der Waals surface area contributed by atoms with Crippen molar-refractivity contribution < 1.29 is 9.63 Å². The number of hydrogen-bond donors (Lipinski definition) is 1. The number of aliphatic hydroxyl groups is 1. The molecule has 0 aliphatic carbocycles. The normalized spacial score (nSPS) is 25.1. The molecule has 2 atom stereocenters. The van der Waals surface area contributed by atoms with Gasteiger partial charge in [-0.25, -0.2) is 0 Å². The minimum Gasteiger partial charge on any atom is -0.396 e. The molecule has 0 amide bonds. The smallest absolute Gasteiger partial charge is 0.226 e. The van der Waals surface area contributed by atoms with E-state index in [2.05, 4.69) is 17.1 Å². The van der Waals surface area contributed by atoms with Gasteiger partial charge in [0.05, 0.1) is 5.25 Å². The van der Waals surface area contributed by atoms with Crippen LogP contribution in [0.25, 0.3) is 0 Å². The SMILES string of the molecule is CCC1SCCSC1c1noc(CCCO)n1. The fourth-order valence-electron chi connectivity index (χ4n) is 1.86. The van der Waals surface area contributed by atoms with Crippen molar-refractivity contribution in [3.05, 3.63) is 11.7 Å². The standard InChI is InChI=1S/C11H18N2O2S2/c1-2-8-10(17-7-6-16-8)11-12-9(15-13-11)4-3-5-14/h8,10,14H,2-7H2,1H3. The predicted octanol–water partition coefficient (Wildman–Crippen LogP) is 2.29. The molecule has 96 valence electrons. The fourth-order valence-corrected chi connectivity index (χ4v) is 4.84. The molecule has 2 heterocycles. The van der Waals surface area contributed by atoms with E-state index in [1.165, 1.54) is 5.75 Å². The van der Waals surface area contributed by atoms with E-state index < -0.39 is 0 Å². The van der Waals surface area contributed by atoms with Gasteiger partial charge in [0.2, 0.25) is 5.89 Å². The number of aromatic nitrogens is 2. The third kappa shape index (κ3) is 3.39. The van der Waals surface area contributed by atoms with Crippen LogP contribution in [0.2, 0.25) is 0 Å². The summed E-state index contributed by atoms with van der Waals surface area (Å²) in [4.78, 5) is 4.45. The summed E-state index contributed by atoms with van der Waals surface area (Å²) in [6.45, 7) is 2.38. The summed E-state index contributed by atoms with van der Waals surface area (Å²) in [5.41, 5.74) is 0. The Morgan fingerprint density at radius 1 is 1.41 bits per heavy atom. The molecule has 1 N–H and O–H groups in total. The van der Waals surface area contributed by atoms with Gasteiger partial charge in [-0.2, -0.15) is 16.7 Å². The number of nitrogens with zero attached hydrogens (tertiary/aromatic N) is 2. The molecule has 1 aliphatic heterocycles. The van der Waals surface area contributed by atoms with Gasteiger partial charge in [0.25, 0.3) is 0 Å². The van der Waals surface area contributed by atoms with Crippen molar-refractivity contribution in [2.75, 3.05) is 18.1 Å². The highest BCUT2D eigenvalue weighted by molar-refractivity contribution is 8.06. The summed E-state index contributed by atoms with van der Waals surface area (Å²) in [5.74, 6) is 3.86. The van der Waals surface area contributed by atoms with Gasteiger partial charge in [0, 0.05) is 29.8 Å². The topological polar surface area (TPSA) is 59.2 Å². The van der Waals surface area contributed by atoms with Crippen molar-refractivity contribution in [1.82, 2.24) is 10.1 Å². The van der Waals surface area contributed by atoms with Crippen molar-refractivity contribution in [3.8, 4) is 0 Å². The summed E-state index contributed by atoms with van der Waals surface area (Å²) in [5, 5.41) is 13.8. The van der Waals surface area contributed by atoms with Gasteiger partial charge >= 0.3 is 0 Å². The first-order valence-electron chi connectivity index (χ1n) is 6.01. The van der Waals surface area contributed by atoms with E-state index >= 15 is 0 Å². The summed E-state index contributed by atoms with van der Waals surface area (Å²) in [6, 6.07) is 0. The first-order chi connectivity index (χ1) is 8.35. The van der Waals surface area contributed by atoms with Gasteiger partial charge in [-0.05, 0) is 12.8 Å². The Balaban J connectivity index is 2.02. The largest absolute Gasteiger partial charge is 0.396 e. The van der Waals surface area contributed by atoms with Crippen molar-refractivity contribution >= 4 is 23.5 Å². The van der Waals surface area contributed by atoms with Crippen LogP contribution >= 0.6 is 23.5 Å². The molecule has 0 bridgehead atoms. The van der Waals surface area contributed by atoms with E-state index in [4.69, 9.17) is 9.63 Å². The van der Waals surface area contributed by atoms with Gasteiger partial charge in [-0.3, -0.25) is 0 Å². The highest BCUT2D eigenvalue weighted by Gasteiger charge is 2.30. The summed E-state index contributed by atoms with van der Waals surface area (Å²) in [7, 11) is 0. The zero-order valence-corrected chi connectivity index (χ0v) is 11.6. The fraction of sp³-hybridized carbons (Fsp3) is 0.818. The lowest BCUT2D eigenvalue weighted by atomic mass is 10.2. The lowest BCUT2D eigenvalue weighted by Gasteiger charge is -2.27. The van der Waals surface area contributed by atoms with Gasteiger partial charge in [0.15, 0.2) is 5.82 Å². The van der Waals surface area contributed by atoms with E-state index in [1.807, 2.05) is 23.5 Å². The quantitative estimate of drug-likeness (QED) is 0.889. The molecule has 1 fully saturated rings. The summed E-state index contributed by atoms with van der Waals surface area (Å²) in [6.07, 6.45) is 2.50. The maximum atomic E-state index is 8.77. The van der Waals surface area contributed by atoms with Crippen LogP contribution in [-0.2, 0) is 6.42 Å². The first-order valence-corrected chi connectivity index (χ1v) is 8.11. The van der Waals surface area contributed by atoms with Crippen molar-refractivity contribution in [3.63, 3.8) is 0 Å². The third-order valence-electron chi connectivity index (χ3n) is 2.74. The number of aliphatic hydroxyl groups excluding tert-OH is 1. The molecule has 17 heavy (non-hydrogen) atoms. The second-order valence-corrected chi connectivity index (χ2v) is 6.58. The minimum absolute atomic E-state index is 0.170. The molecule has 2 rings (SSSR count). The maximum Gasteiger partial charge on any atom is 0.226 e. The predicted molar refractivity (Wildman–Crippen MR) is 71.4 cm³/mol. The van der Waals surface area contributed by atoms with Crippen LogP contribution in [0, 0.1) is 0 Å². The van der Waals surface area contributed by atoms with Crippen LogP contribution in [0.5, 0.6) is 0 Å². The van der Waals surface area contributed by atoms with E-state index in [-0.39, 0.29) is 6.61 Å². The molecule has 1 aliphatic rings. The third-order valence-corrected chi connectivity index (χ3v) is 5.98. The highest BCUT2D eigenvalue weighted by Crippen LogP contribution is 2.42. The molecule has 1 aromatic rings. The molecular formula is C11H18N2O2S2. The number of aryl methyl sites for hydroxylation is 1. The van der Waals surface area contributed by atoms with Gasteiger partial charge in [0.1, 0.15) is 0 Å². The molecule has 0 aromatic carbocycles. The van der Waals surface area contributed by atoms with E-state index in [0.29, 0.717) is 29.2 Å². The van der Waals surface area contributed by atoms with Crippen LogP contribution in [0.15, 0.2) is 4.52 Å². The van der Waals surface area contributed by atoms with E-state index in [0.717, 1.165) is 18.0 Å². The first kappa shape index (κ1) is 13.2. The van der Waals surface area contributed by atoms with Gasteiger partial charge in [-0.1, -0.05) is 12.1 Å². The Morgan fingerprint density at radius 3 is 3.00 bits per heavy atom. The summed E-state index contributed by atoms with van der Waals surface area (Å²) >= 11 is 3.94. The monoisotopic (exact) mass is 274 g/mol. The lowest BCUT2D eigenvalue weighted by Crippen LogP contribution is -2.19. The van der Waals surface area contributed by atoms with Gasteiger partial charge < -0.3 is 9.63 Å². The number of rotatable bonds is 5. The van der Waals surface area contributed by atoms with Crippen LogP contribution in [0.1, 0.15) is 36.7 Å². The molecule has 1 aromatic heterocycles. The maximum absolute atomic E-state index is 8.77. The van der Waals surface area contributed by atoms with Crippen LogP contribution < -0.4 is 0 Å². The molecule has 0 radical (unpaired) electrons. The van der Waals surface area contributed by atoms with Crippen molar-refractivity contribution in [1.29, 1.82) is 0 Å². The highest BCUT2D eigenvalue weighted by atomic mass is 32.2. The molecule has 1 saturated heterocycles. The Kier molecular flexibility index (Phi) is 5.18. The lowest BCUT2D eigenvalue weighted by molar-refractivity contribution is 0.278. The van der Waals surface area contributed by atoms with E-state index in [9.17, 15) is 0 Å². The molecular weight excluding hydrogens is 256 g/mol. The Labute approximate surface area is 110 Å². The average molecular weight is 274 g/mol. The molecule has 0 saturated carbocycles. The second-order valence-electron chi connectivity index (χ2n) is 3.98. The minimum atomic E-state index is 0.170. The second kappa shape index (κ2) is 6.66. The molecule has 4 nitrogen and oxygen atoms in total. The molecule has 2 unspecified atom stereocenters. The van der Waals surface area contributed by atoms with Crippen LogP contribution in [0.4, 0.5) is 0 Å². The number of thioether (sulfide) groups is 2. The zero-order chi connectivity index (χ0) is 12.1. The van der Waals surface area contributed by atoms with Crippen LogP contribution in [0.3, 0.4) is 0 Å². The Morgan fingerprint density at radius 2 is 2.24 bits per heavy atom. The van der Waals surface area contributed by atoms with Crippen LogP contribution in [-0.4, -0.2) is 38.6 Å². The van der Waals surface area contributed by atoms with Crippen molar-refractivity contribution in [2.24, 2.45) is 0 Å². The van der Waals surface area contributed by atoms with Crippen molar-refractivity contribution in [2.45, 2.75) is 36.7 Å².